The van der Waals surface area contributed by atoms with E-state index in [1.165, 1.54) is 82.6 Å². The minimum atomic E-state index is 1.08. The summed E-state index contributed by atoms with van der Waals surface area (Å²) in [7, 11) is 0. The first kappa shape index (κ1) is 38.9. The molecule has 0 aliphatic rings. The normalized spacial score (nSPS) is 11.3. The van der Waals surface area contributed by atoms with E-state index in [1.807, 2.05) is 0 Å². The van der Waals surface area contributed by atoms with Crippen LogP contribution < -0.4 is 4.90 Å². The monoisotopic (exact) mass is 840 g/mol. The van der Waals surface area contributed by atoms with E-state index in [2.05, 4.69) is 276 Å². The number of fused-ring (bicyclic) bond motifs is 4. The maximum absolute atomic E-state index is 2.42. The van der Waals surface area contributed by atoms with Gasteiger partial charge in [-0.3, -0.25) is 0 Å². The van der Waals surface area contributed by atoms with Crippen molar-refractivity contribution in [1.29, 1.82) is 0 Å². The highest BCUT2D eigenvalue weighted by atomic mass is 15.1. The molecule has 0 bridgehead atoms. The molecule has 2 heteroatoms. The third kappa shape index (κ3) is 7.12. The lowest BCUT2D eigenvalue weighted by atomic mass is 9.93. The van der Waals surface area contributed by atoms with Crippen LogP contribution in [0.15, 0.2) is 267 Å². The van der Waals surface area contributed by atoms with Gasteiger partial charge in [-0.05, 0) is 122 Å². The Kier molecular flexibility index (Phi) is 9.89. The second-order valence-electron chi connectivity index (χ2n) is 16.9. The Hall–Kier alpha value is -8.72. The molecule has 1 heterocycles. The number of hydrogen-bond acceptors (Lipinski definition) is 1. The summed E-state index contributed by atoms with van der Waals surface area (Å²) in [6, 6.07) is 96.8. The van der Waals surface area contributed by atoms with Crippen molar-refractivity contribution in [3.05, 3.63) is 267 Å². The molecule has 0 N–H and O–H groups in total. The van der Waals surface area contributed by atoms with E-state index < -0.39 is 0 Å². The van der Waals surface area contributed by atoms with E-state index in [0.717, 1.165) is 28.3 Å². The topological polar surface area (TPSA) is 8.17 Å². The molecule has 0 saturated heterocycles. The van der Waals surface area contributed by atoms with Crippen molar-refractivity contribution in [2.75, 3.05) is 4.90 Å². The molecule has 0 atom stereocenters. The van der Waals surface area contributed by atoms with Crippen LogP contribution in [-0.4, -0.2) is 4.57 Å². The maximum atomic E-state index is 2.42. The van der Waals surface area contributed by atoms with Crippen LogP contribution in [0.2, 0.25) is 0 Å². The molecule has 12 aromatic rings. The first-order valence-electron chi connectivity index (χ1n) is 22.7. The predicted octanol–water partition coefficient (Wildman–Crippen LogP) is 17.7. The van der Waals surface area contributed by atoms with Crippen molar-refractivity contribution in [3.8, 4) is 61.3 Å². The van der Waals surface area contributed by atoms with E-state index in [1.54, 1.807) is 0 Å². The average molecular weight is 841 g/mol. The molecule has 0 unspecified atom stereocenters. The van der Waals surface area contributed by atoms with E-state index in [0.29, 0.717) is 0 Å². The molecule has 0 amide bonds. The molecule has 0 fully saturated rings. The first-order valence-corrected chi connectivity index (χ1v) is 22.7. The zero-order chi connectivity index (χ0) is 43.8. The minimum Gasteiger partial charge on any atom is -0.311 e. The number of nitrogens with zero attached hydrogens (tertiary/aromatic N) is 2. The van der Waals surface area contributed by atoms with Crippen molar-refractivity contribution in [1.82, 2.24) is 4.57 Å². The van der Waals surface area contributed by atoms with Crippen molar-refractivity contribution in [2.24, 2.45) is 0 Å². The van der Waals surface area contributed by atoms with Gasteiger partial charge in [0.05, 0.1) is 16.7 Å². The second-order valence-corrected chi connectivity index (χ2v) is 16.9. The fourth-order valence-corrected chi connectivity index (χ4v) is 9.75. The molecule has 11 aromatic carbocycles. The summed E-state index contributed by atoms with van der Waals surface area (Å²) >= 11 is 0. The molecule has 0 saturated carbocycles. The number of para-hydroxylation sites is 3. The summed E-state index contributed by atoms with van der Waals surface area (Å²) in [5.74, 6) is 0. The minimum absolute atomic E-state index is 1.08. The van der Waals surface area contributed by atoms with Gasteiger partial charge in [-0.25, -0.2) is 0 Å². The fraction of sp³-hybridized carbons (Fsp3) is 0. The van der Waals surface area contributed by atoms with E-state index >= 15 is 0 Å². The zero-order valence-corrected chi connectivity index (χ0v) is 36.3. The number of hydrogen-bond donors (Lipinski definition) is 0. The van der Waals surface area contributed by atoms with Crippen molar-refractivity contribution < 1.29 is 0 Å². The van der Waals surface area contributed by atoms with Gasteiger partial charge in [0.15, 0.2) is 0 Å². The highest BCUT2D eigenvalue weighted by molar-refractivity contribution is 6.10. The molecule has 0 radical (unpaired) electrons. The Balaban J connectivity index is 0.918. The van der Waals surface area contributed by atoms with Gasteiger partial charge in [0.2, 0.25) is 0 Å². The predicted molar refractivity (Wildman–Crippen MR) is 280 cm³/mol. The lowest BCUT2D eigenvalue weighted by Crippen LogP contribution is -2.09. The van der Waals surface area contributed by atoms with Crippen LogP contribution in [0, 0.1) is 0 Å². The van der Waals surface area contributed by atoms with Crippen LogP contribution >= 0.6 is 0 Å². The molecule has 0 aliphatic heterocycles. The second kappa shape index (κ2) is 16.8. The van der Waals surface area contributed by atoms with Crippen LogP contribution in [0.5, 0.6) is 0 Å². The first-order chi connectivity index (χ1) is 32.7. The van der Waals surface area contributed by atoms with Crippen LogP contribution in [0.4, 0.5) is 17.1 Å². The van der Waals surface area contributed by atoms with Crippen LogP contribution in [0.25, 0.3) is 93.9 Å². The average Bonchev–Trinajstić information content (AvgIpc) is 3.74. The smallest absolute Gasteiger partial charge is 0.0541 e. The third-order valence-corrected chi connectivity index (χ3v) is 13.0. The lowest BCUT2D eigenvalue weighted by Gasteiger charge is -2.26. The van der Waals surface area contributed by atoms with E-state index in [9.17, 15) is 0 Å². The number of anilines is 3. The highest BCUT2D eigenvalue weighted by Gasteiger charge is 2.19. The summed E-state index contributed by atoms with van der Waals surface area (Å²) in [6.45, 7) is 0. The Morgan fingerprint density at radius 1 is 0.242 bits per heavy atom. The Labute approximate surface area is 385 Å². The number of aromatic nitrogens is 1. The molecule has 310 valence electrons. The van der Waals surface area contributed by atoms with Gasteiger partial charge in [-0.15, -0.1) is 0 Å². The number of benzene rings is 11. The largest absolute Gasteiger partial charge is 0.311 e. The number of rotatable bonds is 9. The van der Waals surface area contributed by atoms with Gasteiger partial charge in [-0.2, -0.15) is 0 Å². The Morgan fingerprint density at radius 2 is 0.636 bits per heavy atom. The Bertz CT molecular complexity index is 3610. The maximum Gasteiger partial charge on any atom is 0.0541 e. The molecule has 0 aliphatic carbocycles. The molecular formula is C64H44N2. The quantitative estimate of drug-likeness (QED) is 0.141. The van der Waals surface area contributed by atoms with Crippen molar-refractivity contribution in [2.45, 2.75) is 0 Å². The van der Waals surface area contributed by atoms with Crippen molar-refractivity contribution in [3.63, 3.8) is 0 Å². The van der Waals surface area contributed by atoms with Gasteiger partial charge >= 0.3 is 0 Å². The summed E-state index contributed by atoms with van der Waals surface area (Å²) in [4.78, 5) is 2.36. The summed E-state index contributed by atoms with van der Waals surface area (Å²) in [6.07, 6.45) is 0. The SMILES string of the molecule is c1ccc(-c2ccc(-c3ccc(N(c4ccc(-c5ccc6ccccc6c5)cc4)c4ccc(-c5ccccc5-c5ccccc5-n5c6ccccc6c6ccccc65)cc4)cc3)cc2)cc1. The van der Waals surface area contributed by atoms with Gasteiger partial charge < -0.3 is 9.47 Å². The fourth-order valence-electron chi connectivity index (χ4n) is 9.75. The summed E-state index contributed by atoms with van der Waals surface area (Å²) < 4.78 is 2.42. The van der Waals surface area contributed by atoms with Crippen molar-refractivity contribution >= 4 is 49.6 Å². The third-order valence-electron chi connectivity index (χ3n) is 13.0. The van der Waals surface area contributed by atoms with Gasteiger partial charge in [-0.1, -0.05) is 206 Å². The van der Waals surface area contributed by atoms with Crippen LogP contribution in [-0.2, 0) is 0 Å². The summed E-state index contributed by atoms with van der Waals surface area (Å²) in [5.41, 5.74) is 18.7. The molecule has 66 heavy (non-hydrogen) atoms. The van der Waals surface area contributed by atoms with Crippen LogP contribution in [0.3, 0.4) is 0 Å². The van der Waals surface area contributed by atoms with Crippen LogP contribution in [0.1, 0.15) is 0 Å². The van der Waals surface area contributed by atoms with Gasteiger partial charge in [0.1, 0.15) is 0 Å². The molecule has 0 spiro atoms. The molecule has 12 rings (SSSR count). The lowest BCUT2D eigenvalue weighted by molar-refractivity contribution is 1.18. The summed E-state index contributed by atoms with van der Waals surface area (Å²) in [5, 5.41) is 5.00. The Morgan fingerprint density at radius 3 is 1.23 bits per heavy atom. The zero-order valence-electron chi connectivity index (χ0n) is 36.3. The molecular weight excluding hydrogens is 797 g/mol. The highest BCUT2D eigenvalue weighted by Crippen LogP contribution is 2.42. The standard InChI is InChI=1S/C64H44N2/c1-2-14-45(15-3-1)47-26-28-48(29-27-47)49-32-38-54(39-33-49)65(55-40-34-50(35-41-55)53-31-30-46-16-4-5-17-52(46)44-53)56-42-36-51(37-43-56)57-18-6-7-19-58(57)59-20-8-11-23-62(59)66-63-24-12-9-21-60(63)61-22-10-13-25-64(61)66/h1-44H. The molecule has 2 nitrogen and oxygen atoms in total. The van der Waals surface area contributed by atoms with Gasteiger partial charge in [0.25, 0.3) is 0 Å². The van der Waals surface area contributed by atoms with E-state index in [4.69, 9.17) is 0 Å². The van der Waals surface area contributed by atoms with Gasteiger partial charge in [0, 0.05) is 33.4 Å². The molecule has 1 aromatic heterocycles. The van der Waals surface area contributed by atoms with E-state index in [-0.39, 0.29) is 0 Å².